The Bertz CT molecular complexity index is 641. The van der Waals surface area contributed by atoms with Gasteiger partial charge in [0.1, 0.15) is 11.3 Å². The van der Waals surface area contributed by atoms with Crippen molar-refractivity contribution in [2.45, 2.75) is 31.2 Å². The molecule has 0 bridgehead atoms. The van der Waals surface area contributed by atoms with Crippen LogP contribution in [-0.4, -0.2) is 44.2 Å². The molecule has 0 atom stereocenters. The molecule has 2 aliphatic rings. The van der Waals surface area contributed by atoms with Gasteiger partial charge in [-0.2, -0.15) is 0 Å². The predicted octanol–water partition coefficient (Wildman–Crippen LogP) is 1.27. The van der Waals surface area contributed by atoms with Crippen LogP contribution in [0, 0.1) is 0 Å². The van der Waals surface area contributed by atoms with E-state index >= 15 is 0 Å². The molecule has 130 valence electrons. The third-order valence-electron chi connectivity index (χ3n) is 4.64. The van der Waals surface area contributed by atoms with Crippen molar-refractivity contribution in [1.29, 1.82) is 0 Å². The minimum atomic E-state index is -0.915. The fourth-order valence-corrected chi connectivity index (χ4v) is 3.10. The van der Waals surface area contributed by atoms with Gasteiger partial charge in [0.2, 0.25) is 11.8 Å². The number of carbonyl (C=O) groups is 2. The molecule has 2 aliphatic heterocycles. The lowest BCUT2D eigenvalue weighted by Gasteiger charge is -2.32. The number of carbonyl (C=O) groups excluding carboxylic acids is 2. The Morgan fingerprint density at radius 2 is 2.12 bits per heavy atom. The molecular formula is C17H23N3O4. The van der Waals surface area contributed by atoms with Gasteiger partial charge in [-0.1, -0.05) is 0 Å². The van der Waals surface area contributed by atoms with Crippen molar-refractivity contribution in [1.82, 2.24) is 0 Å². The minimum Gasteiger partial charge on any atom is -0.495 e. The molecule has 0 aliphatic carbocycles. The Morgan fingerprint density at radius 1 is 1.38 bits per heavy atom. The molecule has 1 aromatic carbocycles. The van der Waals surface area contributed by atoms with E-state index in [0.29, 0.717) is 56.1 Å². The Labute approximate surface area is 141 Å². The number of hydrogen-bond donors (Lipinski definition) is 2. The summed E-state index contributed by atoms with van der Waals surface area (Å²) < 4.78 is 10.6. The van der Waals surface area contributed by atoms with Gasteiger partial charge in [0.15, 0.2) is 0 Å². The predicted molar refractivity (Wildman–Crippen MR) is 90.2 cm³/mol. The van der Waals surface area contributed by atoms with Crippen LogP contribution in [-0.2, 0) is 14.3 Å². The molecule has 2 saturated heterocycles. The van der Waals surface area contributed by atoms with E-state index < -0.39 is 5.54 Å². The standard InChI is InChI=1S/C17H23N3O4/c1-23-14-5-4-12(11-13(14)20-8-2-3-15(20)21)19-16(22)17(18)6-9-24-10-7-17/h4-5,11H,2-3,6-10,18H2,1H3,(H,19,22). The number of methoxy groups -OCH3 is 1. The first-order chi connectivity index (χ1) is 11.5. The summed E-state index contributed by atoms with van der Waals surface area (Å²) in [5.74, 6) is 0.447. The van der Waals surface area contributed by atoms with Gasteiger partial charge in [0.05, 0.1) is 12.8 Å². The third-order valence-corrected chi connectivity index (χ3v) is 4.64. The number of anilines is 2. The van der Waals surface area contributed by atoms with Crippen LogP contribution >= 0.6 is 0 Å². The maximum atomic E-state index is 12.5. The van der Waals surface area contributed by atoms with Crippen LogP contribution in [0.5, 0.6) is 5.75 Å². The second-order valence-electron chi connectivity index (χ2n) is 6.26. The van der Waals surface area contributed by atoms with Crippen molar-refractivity contribution in [2.24, 2.45) is 5.73 Å². The molecule has 7 nitrogen and oxygen atoms in total. The second-order valence-corrected chi connectivity index (χ2v) is 6.26. The first-order valence-corrected chi connectivity index (χ1v) is 8.20. The van der Waals surface area contributed by atoms with Gasteiger partial charge in [0, 0.05) is 31.9 Å². The highest BCUT2D eigenvalue weighted by Gasteiger charge is 2.36. The number of rotatable bonds is 4. The second kappa shape index (κ2) is 6.78. The summed E-state index contributed by atoms with van der Waals surface area (Å²) in [4.78, 5) is 26.3. The molecule has 2 heterocycles. The molecule has 0 unspecified atom stereocenters. The van der Waals surface area contributed by atoms with Crippen molar-refractivity contribution < 1.29 is 19.1 Å². The van der Waals surface area contributed by atoms with E-state index in [1.165, 1.54) is 0 Å². The summed E-state index contributed by atoms with van der Waals surface area (Å²) in [6.07, 6.45) is 2.34. The van der Waals surface area contributed by atoms with Crippen LogP contribution in [0.1, 0.15) is 25.7 Å². The van der Waals surface area contributed by atoms with E-state index in [1.54, 1.807) is 30.2 Å². The lowest BCUT2D eigenvalue weighted by Crippen LogP contribution is -2.54. The molecule has 0 aromatic heterocycles. The Morgan fingerprint density at radius 3 is 2.75 bits per heavy atom. The number of ether oxygens (including phenoxy) is 2. The van der Waals surface area contributed by atoms with Crippen molar-refractivity contribution >= 4 is 23.2 Å². The Kier molecular flexibility index (Phi) is 4.73. The average molecular weight is 333 g/mol. The lowest BCUT2D eigenvalue weighted by atomic mass is 9.90. The van der Waals surface area contributed by atoms with Gasteiger partial charge in [-0.05, 0) is 37.5 Å². The van der Waals surface area contributed by atoms with E-state index in [-0.39, 0.29) is 11.8 Å². The van der Waals surface area contributed by atoms with Gasteiger partial charge in [-0.25, -0.2) is 0 Å². The average Bonchev–Trinajstić information content (AvgIpc) is 3.01. The minimum absolute atomic E-state index is 0.0662. The molecule has 1 aromatic rings. The molecule has 0 saturated carbocycles. The van der Waals surface area contributed by atoms with Crippen LogP contribution in [0.15, 0.2) is 18.2 Å². The summed E-state index contributed by atoms with van der Waals surface area (Å²) >= 11 is 0. The number of nitrogens with two attached hydrogens (primary N) is 1. The lowest BCUT2D eigenvalue weighted by molar-refractivity contribution is -0.124. The fourth-order valence-electron chi connectivity index (χ4n) is 3.10. The molecular weight excluding hydrogens is 310 g/mol. The van der Waals surface area contributed by atoms with Crippen LogP contribution in [0.4, 0.5) is 11.4 Å². The summed E-state index contributed by atoms with van der Waals surface area (Å²) in [6, 6.07) is 5.27. The maximum Gasteiger partial charge on any atom is 0.244 e. The van der Waals surface area contributed by atoms with E-state index in [9.17, 15) is 9.59 Å². The van der Waals surface area contributed by atoms with Crippen LogP contribution < -0.4 is 20.7 Å². The van der Waals surface area contributed by atoms with Crippen LogP contribution in [0.3, 0.4) is 0 Å². The molecule has 2 amide bonds. The van der Waals surface area contributed by atoms with Crippen molar-refractivity contribution in [3.05, 3.63) is 18.2 Å². The molecule has 2 fully saturated rings. The Hall–Kier alpha value is -2.12. The van der Waals surface area contributed by atoms with Crippen LogP contribution in [0.2, 0.25) is 0 Å². The highest BCUT2D eigenvalue weighted by Crippen LogP contribution is 2.34. The molecule has 0 spiro atoms. The number of nitrogens with one attached hydrogen (secondary N) is 1. The quantitative estimate of drug-likeness (QED) is 0.865. The molecule has 3 N–H and O–H groups in total. The summed E-state index contributed by atoms with van der Waals surface area (Å²) in [5, 5.41) is 2.87. The zero-order valence-electron chi connectivity index (χ0n) is 13.8. The van der Waals surface area contributed by atoms with Crippen molar-refractivity contribution in [3.63, 3.8) is 0 Å². The number of benzene rings is 1. The zero-order chi connectivity index (χ0) is 17.2. The SMILES string of the molecule is COc1ccc(NC(=O)C2(N)CCOCC2)cc1N1CCCC1=O. The number of hydrogen-bond acceptors (Lipinski definition) is 5. The first-order valence-electron chi connectivity index (χ1n) is 8.20. The summed E-state index contributed by atoms with van der Waals surface area (Å²) in [6.45, 7) is 1.63. The normalized spacial score (nSPS) is 20.1. The number of amides is 2. The molecule has 24 heavy (non-hydrogen) atoms. The largest absolute Gasteiger partial charge is 0.495 e. The third kappa shape index (κ3) is 3.22. The van der Waals surface area contributed by atoms with E-state index in [1.807, 2.05) is 0 Å². The van der Waals surface area contributed by atoms with Gasteiger partial charge in [0.25, 0.3) is 0 Å². The number of nitrogens with zero attached hydrogens (tertiary/aromatic N) is 1. The van der Waals surface area contributed by atoms with Gasteiger partial charge in [-0.15, -0.1) is 0 Å². The first kappa shape index (κ1) is 16.7. The van der Waals surface area contributed by atoms with Crippen LogP contribution in [0.25, 0.3) is 0 Å². The molecule has 3 rings (SSSR count). The highest BCUT2D eigenvalue weighted by atomic mass is 16.5. The fraction of sp³-hybridized carbons (Fsp3) is 0.529. The van der Waals surface area contributed by atoms with E-state index in [0.717, 1.165) is 6.42 Å². The highest BCUT2D eigenvalue weighted by molar-refractivity contribution is 6.00. The van der Waals surface area contributed by atoms with Crippen molar-refractivity contribution in [2.75, 3.05) is 37.1 Å². The molecule has 7 heteroatoms. The van der Waals surface area contributed by atoms with Gasteiger partial charge >= 0.3 is 0 Å². The summed E-state index contributed by atoms with van der Waals surface area (Å²) in [5.41, 5.74) is 6.57. The smallest absolute Gasteiger partial charge is 0.244 e. The summed E-state index contributed by atoms with van der Waals surface area (Å²) in [7, 11) is 1.56. The van der Waals surface area contributed by atoms with E-state index in [4.69, 9.17) is 15.2 Å². The van der Waals surface area contributed by atoms with Gasteiger partial charge in [-0.3, -0.25) is 9.59 Å². The topological polar surface area (TPSA) is 93.9 Å². The monoisotopic (exact) mass is 333 g/mol. The van der Waals surface area contributed by atoms with Gasteiger partial charge < -0.3 is 25.4 Å². The molecule has 0 radical (unpaired) electrons. The van der Waals surface area contributed by atoms with E-state index in [2.05, 4.69) is 5.32 Å². The van der Waals surface area contributed by atoms with Crippen molar-refractivity contribution in [3.8, 4) is 5.75 Å². The zero-order valence-corrected chi connectivity index (χ0v) is 13.8. The maximum absolute atomic E-state index is 12.5. The Balaban J connectivity index is 1.81.